The highest BCUT2D eigenvalue weighted by Crippen LogP contribution is 2.23. The highest BCUT2D eigenvalue weighted by molar-refractivity contribution is 6.31. The molecule has 0 bridgehead atoms. The third kappa shape index (κ3) is 1.27. The van der Waals surface area contributed by atoms with Crippen LogP contribution in [0.3, 0.4) is 0 Å². The van der Waals surface area contributed by atoms with Crippen molar-refractivity contribution in [2.45, 2.75) is 0 Å². The van der Waals surface area contributed by atoms with Crippen LogP contribution in [0, 0.1) is 0 Å². The second-order valence-corrected chi connectivity index (χ2v) is 4.11. The van der Waals surface area contributed by atoms with Crippen molar-refractivity contribution in [3.63, 3.8) is 0 Å². The predicted molar refractivity (Wildman–Crippen MR) is 65.8 cm³/mol. The van der Waals surface area contributed by atoms with Gasteiger partial charge in [0.25, 0.3) is 5.56 Å². The van der Waals surface area contributed by atoms with Crippen LogP contribution in [-0.4, -0.2) is 14.6 Å². The molecule has 0 spiro atoms. The number of nitrogens with two attached hydrogens (primary N) is 1. The van der Waals surface area contributed by atoms with E-state index in [0.717, 1.165) is 5.39 Å². The number of hydrogen-bond donors (Lipinski definition) is 3. The van der Waals surface area contributed by atoms with Gasteiger partial charge < -0.3 is 15.8 Å². The summed E-state index contributed by atoms with van der Waals surface area (Å²) in [4.78, 5) is 28.6. The van der Waals surface area contributed by atoms with Crippen LogP contribution in [0.1, 0.15) is 0 Å². The zero-order chi connectivity index (χ0) is 12.2. The Morgan fingerprint density at radius 2 is 1.94 bits per heavy atom. The summed E-state index contributed by atoms with van der Waals surface area (Å²) in [5.74, 6) is 5.31. The molecule has 0 radical (unpaired) electrons. The van der Waals surface area contributed by atoms with Gasteiger partial charge in [0.05, 0.1) is 5.52 Å². The summed E-state index contributed by atoms with van der Waals surface area (Å²) in [5, 5.41) is 1.26. The molecule has 2 heterocycles. The summed E-state index contributed by atoms with van der Waals surface area (Å²) in [6, 6.07) is 5.09. The van der Waals surface area contributed by atoms with Crippen LogP contribution in [0.2, 0.25) is 5.02 Å². The van der Waals surface area contributed by atoms with Crippen molar-refractivity contribution in [1.29, 1.82) is 0 Å². The largest absolute Gasteiger partial charge is 0.349 e. The highest BCUT2D eigenvalue weighted by Gasteiger charge is 2.11. The van der Waals surface area contributed by atoms with Crippen molar-refractivity contribution in [2.24, 2.45) is 0 Å². The van der Waals surface area contributed by atoms with Crippen LogP contribution in [0.4, 0.5) is 0 Å². The standard InChI is InChI=1S/C10H7ClN4O2/c11-4-1-2-5-6(3-4)13-8-7(5)14-10(17)15(12)9(8)16/h1-3,13H,12H2,(H,14,17). The summed E-state index contributed by atoms with van der Waals surface area (Å²) >= 11 is 5.85. The number of aromatic amines is 2. The lowest BCUT2D eigenvalue weighted by Gasteiger charge is -1.95. The van der Waals surface area contributed by atoms with Gasteiger partial charge in [0.15, 0.2) is 0 Å². The minimum atomic E-state index is -0.654. The molecule has 0 atom stereocenters. The molecule has 0 amide bonds. The lowest BCUT2D eigenvalue weighted by molar-refractivity contribution is 0.855. The van der Waals surface area contributed by atoms with Crippen molar-refractivity contribution in [3.05, 3.63) is 44.1 Å². The average molecular weight is 251 g/mol. The summed E-state index contributed by atoms with van der Waals surface area (Å²) in [5.41, 5.74) is 0.138. The van der Waals surface area contributed by atoms with Crippen molar-refractivity contribution < 1.29 is 0 Å². The quantitative estimate of drug-likeness (QED) is 0.508. The molecule has 3 rings (SSSR count). The Morgan fingerprint density at radius 3 is 2.71 bits per heavy atom. The Hall–Kier alpha value is -2.21. The number of rotatable bonds is 0. The van der Waals surface area contributed by atoms with E-state index in [1.54, 1.807) is 18.2 Å². The Labute approximate surface area is 98.6 Å². The molecule has 0 unspecified atom stereocenters. The summed E-state index contributed by atoms with van der Waals surface area (Å²) in [7, 11) is 0. The molecular weight excluding hydrogens is 244 g/mol. The molecule has 86 valence electrons. The minimum absolute atomic E-state index is 0.254. The van der Waals surface area contributed by atoms with E-state index in [9.17, 15) is 9.59 Å². The Balaban J connectivity index is 2.66. The number of nitrogens with zero attached hydrogens (tertiary/aromatic N) is 1. The van der Waals surface area contributed by atoms with Crippen molar-refractivity contribution in [1.82, 2.24) is 14.6 Å². The zero-order valence-corrected chi connectivity index (χ0v) is 9.21. The number of fused-ring (bicyclic) bond motifs is 3. The number of hydrogen-bond acceptors (Lipinski definition) is 3. The predicted octanol–water partition coefficient (Wildman–Crippen LogP) is 0.538. The van der Waals surface area contributed by atoms with Gasteiger partial charge in [-0.3, -0.25) is 4.79 Å². The van der Waals surface area contributed by atoms with Crippen molar-refractivity contribution in [3.8, 4) is 0 Å². The van der Waals surface area contributed by atoms with Gasteiger partial charge in [-0.05, 0) is 18.2 Å². The maximum absolute atomic E-state index is 11.8. The lowest BCUT2D eigenvalue weighted by atomic mass is 10.2. The molecule has 3 aromatic rings. The van der Waals surface area contributed by atoms with E-state index in [2.05, 4.69) is 9.97 Å². The average Bonchev–Trinajstić information content (AvgIpc) is 2.64. The van der Waals surface area contributed by atoms with Gasteiger partial charge in [0.1, 0.15) is 5.52 Å². The monoisotopic (exact) mass is 250 g/mol. The number of halogens is 1. The van der Waals surface area contributed by atoms with E-state index in [4.69, 9.17) is 17.4 Å². The van der Waals surface area contributed by atoms with Crippen molar-refractivity contribution >= 4 is 33.5 Å². The Kier molecular flexibility index (Phi) is 1.84. The van der Waals surface area contributed by atoms with Gasteiger partial charge in [-0.15, -0.1) is 0 Å². The first-order chi connectivity index (χ1) is 8.08. The first-order valence-electron chi connectivity index (χ1n) is 4.79. The van der Waals surface area contributed by atoms with Gasteiger partial charge in [0.2, 0.25) is 0 Å². The topological polar surface area (TPSA) is 96.7 Å². The van der Waals surface area contributed by atoms with Crippen LogP contribution in [-0.2, 0) is 0 Å². The van der Waals surface area contributed by atoms with E-state index < -0.39 is 11.2 Å². The van der Waals surface area contributed by atoms with Gasteiger partial charge in [0, 0.05) is 15.9 Å². The summed E-state index contributed by atoms with van der Waals surface area (Å²) in [6.45, 7) is 0. The molecule has 1 aromatic carbocycles. The van der Waals surface area contributed by atoms with Crippen LogP contribution >= 0.6 is 11.6 Å². The van der Waals surface area contributed by atoms with Gasteiger partial charge in [-0.1, -0.05) is 11.6 Å². The van der Waals surface area contributed by atoms with E-state index in [1.165, 1.54) is 0 Å². The fourth-order valence-electron chi connectivity index (χ4n) is 1.84. The number of nitrogens with one attached hydrogen (secondary N) is 2. The zero-order valence-electron chi connectivity index (χ0n) is 8.45. The highest BCUT2D eigenvalue weighted by atomic mass is 35.5. The van der Waals surface area contributed by atoms with Gasteiger partial charge in [-0.2, -0.15) is 4.68 Å². The van der Waals surface area contributed by atoms with Crippen molar-refractivity contribution in [2.75, 3.05) is 5.84 Å². The Bertz CT molecular complexity index is 858. The molecule has 4 N–H and O–H groups in total. The molecule has 17 heavy (non-hydrogen) atoms. The van der Waals surface area contributed by atoms with Crippen LogP contribution in [0.5, 0.6) is 0 Å². The molecule has 0 saturated carbocycles. The summed E-state index contributed by atoms with van der Waals surface area (Å²) in [6.07, 6.45) is 0. The molecule has 0 aliphatic heterocycles. The molecule has 0 saturated heterocycles. The smallest absolute Gasteiger partial charge is 0.347 e. The molecule has 0 fully saturated rings. The second-order valence-electron chi connectivity index (χ2n) is 3.67. The number of nitrogen functional groups attached to an aromatic ring is 1. The van der Waals surface area contributed by atoms with Crippen LogP contribution in [0.15, 0.2) is 27.8 Å². The normalized spacial score (nSPS) is 11.4. The van der Waals surface area contributed by atoms with E-state index in [1.807, 2.05) is 0 Å². The fourth-order valence-corrected chi connectivity index (χ4v) is 2.01. The lowest BCUT2D eigenvalue weighted by Crippen LogP contribution is -2.40. The molecule has 6 nitrogen and oxygen atoms in total. The number of benzene rings is 1. The van der Waals surface area contributed by atoms with Gasteiger partial charge >= 0.3 is 5.69 Å². The SMILES string of the molecule is Nn1c(=O)[nH]c2c([nH]c3cc(Cl)ccc32)c1=O. The third-order valence-electron chi connectivity index (χ3n) is 2.64. The maximum atomic E-state index is 11.8. The first kappa shape index (κ1) is 9.98. The van der Waals surface area contributed by atoms with Gasteiger partial charge in [-0.25, -0.2) is 4.79 Å². The molecule has 0 aliphatic rings. The van der Waals surface area contributed by atoms with E-state index in [0.29, 0.717) is 20.7 Å². The molecule has 0 aliphatic carbocycles. The molecule has 7 heteroatoms. The maximum Gasteiger partial charge on any atom is 0.347 e. The van der Waals surface area contributed by atoms with Crippen LogP contribution < -0.4 is 17.1 Å². The Morgan fingerprint density at radius 1 is 1.18 bits per heavy atom. The number of H-pyrrole nitrogens is 2. The minimum Gasteiger partial charge on any atom is -0.349 e. The number of aromatic nitrogens is 3. The van der Waals surface area contributed by atoms with E-state index in [-0.39, 0.29) is 5.52 Å². The third-order valence-corrected chi connectivity index (χ3v) is 2.88. The van der Waals surface area contributed by atoms with Crippen LogP contribution in [0.25, 0.3) is 21.9 Å². The second kappa shape index (κ2) is 3.14. The molecule has 2 aromatic heterocycles. The molecular formula is C10H7ClN4O2. The van der Waals surface area contributed by atoms with E-state index >= 15 is 0 Å². The first-order valence-corrected chi connectivity index (χ1v) is 5.17. The summed E-state index contributed by atoms with van der Waals surface area (Å²) < 4.78 is 0.527. The fraction of sp³-hybridized carbons (Fsp3) is 0.